The zero-order valence-corrected chi connectivity index (χ0v) is 21.9. The third-order valence-corrected chi connectivity index (χ3v) is 10.3. The summed E-state index contributed by atoms with van der Waals surface area (Å²) in [6.45, 7) is 3.13. The van der Waals surface area contributed by atoms with Gasteiger partial charge in [-0.3, -0.25) is 0 Å². The van der Waals surface area contributed by atoms with Gasteiger partial charge < -0.3 is 4.57 Å². The average molecular weight is 540 g/mol. The maximum atomic E-state index is 14.4. The Morgan fingerprint density at radius 3 is 2.57 bits per heavy atom. The molecule has 0 amide bonds. The van der Waals surface area contributed by atoms with Crippen molar-refractivity contribution in [3.05, 3.63) is 52.6 Å². The number of hydrogen-bond donors (Lipinski definition) is 0. The molecule has 0 bridgehead atoms. The van der Waals surface area contributed by atoms with Gasteiger partial charge in [0.2, 0.25) is 10.0 Å². The minimum Gasteiger partial charge on any atom is -0.316 e. The van der Waals surface area contributed by atoms with Crippen molar-refractivity contribution >= 4 is 44.4 Å². The number of piperidine rings is 1. The third-order valence-electron chi connectivity index (χ3n) is 7.06. The van der Waals surface area contributed by atoms with Crippen LogP contribution in [0.25, 0.3) is 11.0 Å². The van der Waals surface area contributed by atoms with Gasteiger partial charge in [0.25, 0.3) is 0 Å². The summed E-state index contributed by atoms with van der Waals surface area (Å²) in [5.41, 5.74) is 1.55. The lowest BCUT2D eigenvalue weighted by Crippen LogP contribution is -2.39. The highest BCUT2D eigenvalue weighted by atomic mass is 35.5. The van der Waals surface area contributed by atoms with Gasteiger partial charge in [-0.15, -0.1) is 0 Å². The molecule has 2 aliphatic rings. The number of hydrogen-bond acceptors (Lipinski definition) is 4. The smallest absolute Gasteiger partial charge is 0.243 e. The maximum Gasteiger partial charge on any atom is 0.243 e. The molecule has 1 atom stereocenters. The zero-order chi connectivity index (χ0) is 24.7. The van der Waals surface area contributed by atoms with Gasteiger partial charge in [-0.25, -0.2) is 22.2 Å². The second-order valence-corrected chi connectivity index (χ2v) is 12.8. The molecule has 2 aromatic carbocycles. The van der Waals surface area contributed by atoms with Crippen molar-refractivity contribution < 1.29 is 17.2 Å². The Morgan fingerprint density at radius 2 is 1.83 bits per heavy atom. The van der Waals surface area contributed by atoms with Gasteiger partial charge >= 0.3 is 0 Å². The van der Waals surface area contributed by atoms with E-state index in [4.69, 9.17) is 16.6 Å². The zero-order valence-electron chi connectivity index (χ0n) is 19.5. The SMILES string of the molecule is C[C@@H]1CCCN(S(=O)(=O)c2ccc3c(c2)nc(SCc2c(F)ccc(F)c2Cl)n3C2CCCC2)C1. The largest absolute Gasteiger partial charge is 0.316 e. The second-order valence-electron chi connectivity index (χ2n) is 9.57. The summed E-state index contributed by atoms with van der Waals surface area (Å²) < 4.78 is 58.7. The molecule has 0 N–H and O–H groups in total. The van der Waals surface area contributed by atoms with Crippen LogP contribution in [0, 0.1) is 17.6 Å². The summed E-state index contributed by atoms with van der Waals surface area (Å²) >= 11 is 7.33. The number of benzene rings is 2. The molecule has 1 saturated heterocycles. The normalized spacial score (nSPS) is 20.2. The van der Waals surface area contributed by atoms with Crippen LogP contribution in [0.5, 0.6) is 0 Å². The van der Waals surface area contributed by atoms with E-state index in [2.05, 4.69) is 11.5 Å². The lowest BCUT2D eigenvalue weighted by Gasteiger charge is -2.30. The molecule has 0 radical (unpaired) electrons. The molecule has 5 nitrogen and oxygen atoms in total. The number of rotatable bonds is 6. The first kappa shape index (κ1) is 25.0. The van der Waals surface area contributed by atoms with Crippen LogP contribution in [0.2, 0.25) is 5.02 Å². The van der Waals surface area contributed by atoms with Crippen molar-refractivity contribution in [1.82, 2.24) is 13.9 Å². The Kier molecular flexibility index (Phi) is 7.14. The number of aromatic nitrogens is 2. The monoisotopic (exact) mass is 539 g/mol. The first-order valence-corrected chi connectivity index (χ1v) is 14.8. The van der Waals surface area contributed by atoms with E-state index < -0.39 is 21.7 Å². The quantitative estimate of drug-likeness (QED) is 0.255. The van der Waals surface area contributed by atoms with E-state index >= 15 is 0 Å². The highest BCUT2D eigenvalue weighted by molar-refractivity contribution is 7.98. The van der Waals surface area contributed by atoms with Crippen LogP contribution in [0.4, 0.5) is 8.78 Å². The molecule has 1 aromatic heterocycles. The van der Waals surface area contributed by atoms with E-state index in [1.54, 1.807) is 16.4 Å². The van der Waals surface area contributed by atoms with Gasteiger partial charge in [-0.1, -0.05) is 43.1 Å². The van der Waals surface area contributed by atoms with E-state index in [0.29, 0.717) is 29.7 Å². The first-order valence-electron chi connectivity index (χ1n) is 12.0. The van der Waals surface area contributed by atoms with Crippen LogP contribution < -0.4 is 0 Å². The molecule has 0 unspecified atom stereocenters. The van der Waals surface area contributed by atoms with Crippen LogP contribution in [-0.4, -0.2) is 35.4 Å². The topological polar surface area (TPSA) is 55.2 Å². The van der Waals surface area contributed by atoms with Gasteiger partial charge in [0, 0.05) is 30.4 Å². The highest BCUT2D eigenvalue weighted by Gasteiger charge is 2.30. The number of halogens is 3. The summed E-state index contributed by atoms with van der Waals surface area (Å²) in [5, 5.41) is 0.443. The molecule has 1 saturated carbocycles. The average Bonchev–Trinajstić information content (AvgIpc) is 3.48. The lowest BCUT2D eigenvalue weighted by atomic mass is 10.0. The Balaban J connectivity index is 1.51. The second kappa shape index (κ2) is 10.00. The van der Waals surface area contributed by atoms with Gasteiger partial charge in [-0.2, -0.15) is 4.31 Å². The molecule has 10 heteroatoms. The predicted octanol–water partition coefficient (Wildman–Crippen LogP) is 6.80. The van der Waals surface area contributed by atoms with E-state index in [-0.39, 0.29) is 27.3 Å². The van der Waals surface area contributed by atoms with Crippen molar-refractivity contribution in [2.24, 2.45) is 5.92 Å². The standard InChI is InChI=1S/C25H28ClF2N3O2S2/c1-16-5-4-12-30(14-16)35(32,33)18-8-11-23-22(13-18)29-25(31(23)17-6-2-3-7-17)34-15-19-20(27)9-10-21(28)24(19)26/h8-11,13,16-17H,2-7,12,14-15H2,1H3/t16-/m1/s1. The molecule has 5 rings (SSSR count). The number of nitrogens with zero attached hydrogens (tertiary/aromatic N) is 3. The van der Waals surface area contributed by atoms with E-state index in [1.807, 2.05) is 6.07 Å². The molecule has 1 aliphatic heterocycles. The van der Waals surface area contributed by atoms with Crippen molar-refractivity contribution in [3.8, 4) is 0 Å². The fraction of sp³-hybridized carbons (Fsp3) is 0.480. The minimum atomic E-state index is -3.61. The minimum absolute atomic E-state index is 0.101. The molecular weight excluding hydrogens is 512 g/mol. The lowest BCUT2D eigenvalue weighted by molar-refractivity contribution is 0.281. The fourth-order valence-electron chi connectivity index (χ4n) is 5.19. The number of imidazole rings is 1. The summed E-state index contributed by atoms with van der Waals surface area (Å²) in [6, 6.07) is 7.48. The van der Waals surface area contributed by atoms with E-state index in [9.17, 15) is 17.2 Å². The van der Waals surface area contributed by atoms with Crippen LogP contribution in [0.15, 0.2) is 40.4 Å². The molecule has 35 heavy (non-hydrogen) atoms. The van der Waals surface area contributed by atoms with Gasteiger partial charge in [0.15, 0.2) is 5.16 Å². The Hall–Kier alpha value is -1.68. The number of fused-ring (bicyclic) bond motifs is 1. The fourth-order valence-corrected chi connectivity index (χ4v) is 8.21. The van der Waals surface area contributed by atoms with Crippen LogP contribution >= 0.6 is 23.4 Å². The summed E-state index contributed by atoms with van der Waals surface area (Å²) in [4.78, 5) is 5.01. The predicted molar refractivity (Wildman–Crippen MR) is 135 cm³/mol. The van der Waals surface area contributed by atoms with Crippen LogP contribution in [0.1, 0.15) is 57.1 Å². The molecule has 188 valence electrons. The summed E-state index contributed by atoms with van der Waals surface area (Å²) in [6.07, 6.45) is 6.11. The summed E-state index contributed by atoms with van der Waals surface area (Å²) in [5.74, 6) is -0.761. The number of thioether (sulfide) groups is 1. The van der Waals surface area contributed by atoms with E-state index in [1.165, 1.54) is 11.8 Å². The third kappa shape index (κ3) is 4.84. The Bertz CT molecular complexity index is 1360. The molecular formula is C25H28ClF2N3O2S2. The van der Waals surface area contributed by atoms with Gasteiger partial charge in [0.1, 0.15) is 11.6 Å². The first-order chi connectivity index (χ1) is 16.8. The molecule has 2 heterocycles. The highest BCUT2D eigenvalue weighted by Crippen LogP contribution is 2.39. The van der Waals surface area contributed by atoms with E-state index in [0.717, 1.165) is 56.2 Å². The Morgan fingerprint density at radius 1 is 1.09 bits per heavy atom. The Labute approximate surface area is 213 Å². The molecule has 3 aromatic rings. The molecule has 2 fully saturated rings. The van der Waals surface area contributed by atoms with Crippen molar-refractivity contribution in [1.29, 1.82) is 0 Å². The van der Waals surface area contributed by atoms with Gasteiger partial charge in [0.05, 0.1) is 21.0 Å². The van der Waals surface area contributed by atoms with Gasteiger partial charge in [-0.05, 0) is 61.9 Å². The van der Waals surface area contributed by atoms with Crippen molar-refractivity contribution in [2.45, 2.75) is 67.3 Å². The van der Waals surface area contributed by atoms with Crippen molar-refractivity contribution in [2.75, 3.05) is 13.1 Å². The molecule has 0 spiro atoms. The van der Waals surface area contributed by atoms with Crippen LogP contribution in [0.3, 0.4) is 0 Å². The van der Waals surface area contributed by atoms with Crippen LogP contribution in [-0.2, 0) is 15.8 Å². The summed E-state index contributed by atoms with van der Waals surface area (Å²) in [7, 11) is -3.61. The van der Waals surface area contributed by atoms with Crippen molar-refractivity contribution in [3.63, 3.8) is 0 Å². The number of sulfonamides is 1. The maximum absolute atomic E-state index is 14.4. The molecule has 1 aliphatic carbocycles.